The molecule has 4 rings (SSSR count). The van der Waals surface area contributed by atoms with Gasteiger partial charge in [0.15, 0.2) is 11.6 Å². The lowest BCUT2D eigenvalue weighted by Crippen LogP contribution is -2.19. The van der Waals surface area contributed by atoms with Crippen molar-refractivity contribution in [2.75, 3.05) is 6.61 Å². The van der Waals surface area contributed by atoms with Crippen molar-refractivity contribution < 1.29 is 17.9 Å². The van der Waals surface area contributed by atoms with Gasteiger partial charge in [-0.15, -0.1) is 0 Å². The van der Waals surface area contributed by atoms with Gasteiger partial charge in [-0.25, -0.2) is 8.78 Å². The third-order valence-corrected chi connectivity index (χ3v) is 6.12. The second-order valence-corrected chi connectivity index (χ2v) is 8.14. The van der Waals surface area contributed by atoms with E-state index in [0.29, 0.717) is 23.7 Å². The maximum absolute atomic E-state index is 14.5. The lowest BCUT2D eigenvalue weighted by atomic mass is 9.79. The van der Waals surface area contributed by atoms with Crippen molar-refractivity contribution in [2.24, 2.45) is 5.92 Å². The highest BCUT2D eigenvalue weighted by Gasteiger charge is 2.24. The molecule has 3 aromatic rings. The maximum Gasteiger partial charge on any atom is 0.201 e. The second-order valence-electron chi connectivity index (χ2n) is 8.14. The van der Waals surface area contributed by atoms with E-state index in [0.717, 1.165) is 31.2 Å². The molecule has 0 heterocycles. The van der Waals surface area contributed by atoms with Gasteiger partial charge in [-0.1, -0.05) is 42.5 Å². The lowest BCUT2D eigenvalue weighted by molar-refractivity contribution is 0.192. The first-order chi connectivity index (χ1) is 14.5. The van der Waals surface area contributed by atoms with Crippen molar-refractivity contribution in [1.82, 2.24) is 0 Å². The molecular weight excluding hydrogens is 385 g/mol. The van der Waals surface area contributed by atoms with Crippen LogP contribution in [0.3, 0.4) is 0 Å². The molecule has 0 aromatic heterocycles. The molecule has 0 aliphatic heterocycles. The molecule has 30 heavy (non-hydrogen) atoms. The summed E-state index contributed by atoms with van der Waals surface area (Å²) in [6.45, 7) is 2.12. The average molecular weight is 410 g/mol. The minimum absolute atomic E-state index is 0.0464. The number of aryl methyl sites for hydroxylation is 1. The molecule has 4 heteroatoms. The highest BCUT2D eigenvalue weighted by atomic mass is 19.2. The molecule has 156 valence electrons. The van der Waals surface area contributed by atoms with E-state index in [2.05, 4.69) is 0 Å². The Bertz CT molecular complexity index is 1010. The molecule has 0 atom stereocenters. The minimum Gasteiger partial charge on any atom is -0.490 e. The number of rotatable bonds is 5. The number of ether oxygens (including phenoxy) is 1. The highest BCUT2D eigenvalue weighted by molar-refractivity contribution is 5.65. The van der Waals surface area contributed by atoms with Gasteiger partial charge in [0.1, 0.15) is 5.82 Å². The Labute approximate surface area is 175 Å². The van der Waals surface area contributed by atoms with Crippen LogP contribution in [0.25, 0.3) is 11.1 Å². The van der Waals surface area contributed by atoms with E-state index in [-0.39, 0.29) is 23.0 Å². The van der Waals surface area contributed by atoms with Gasteiger partial charge in [0.2, 0.25) is 5.82 Å². The molecule has 1 aliphatic rings. The molecule has 1 fully saturated rings. The van der Waals surface area contributed by atoms with Gasteiger partial charge in [-0.2, -0.15) is 4.39 Å². The fourth-order valence-corrected chi connectivity index (χ4v) is 4.22. The van der Waals surface area contributed by atoms with Gasteiger partial charge < -0.3 is 4.74 Å². The summed E-state index contributed by atoms with van der Waals surface area (Å²) in [5.41, 5.74) is 2.56. The zero-order valence-electron chi connectivity index (χ0n) is 17.0. The SMILES string of the molecule is Cc1ccc(C2CCC(COc3ccc(-c4ccccc4)c(F)c3F)CC2)cc1F. The van der Waals surface area contributed by atoms with Gasteiger partial charge in [0.05, 0.1) is 6.61 Å². The van der Waals surface area contributed by atoms with E-state index >= 15 is 0 Å². The summed E-state index contributed by atoms with van der Waals surface area (Å²) in [4.78, 5) is 0. The molecule has 0 saturated heterocycles. The Hall–Kier alpha value is -2.75. The van der Waals surface area contributed by atoms with Crippen LogP contribution in [0, 0.1) is 30.3 Å². The first kappa shape index (κ1) is 20.5. The Morgan fingerprint density at radius 1 is 0.833 bits per heavy atom. The fraction of sp³-hybridized carbons (Fsp3) is 0.308. The Morgan fingerprint density at radius 3 is 2.27 bits per heavy atom. The fourth-order valence-electron chi connectivity index (χ4n) is 4.22. The summed E-state index contributed by atoms with van der Waals surface area (Å²) in [6.07, 6.45) is 3.74. The van der Waals surface area contributed by atoms with Crippen LogP contribution in [0.4, 0.5) is 13.2 Å². The topological polar surface area (TPSA) is 9.23 Å². The third-order valence-electron chi connectivity index (χ3n) is 6.12. The van der Waals surface area contributed by atoms with Gasteiger partial charge in [0, 0.05) is 5.56 Å². The molecule has 0 spiro atoms. The quantitative estimate of drug-likeness (QED) is 0.425. The van der Waals surface area contributed by atoms with Gasteiger partial charge >= 0.3 is 0 Å². The van der Waals surface area contributed by atoms with Crippen LogP contribution in [-0.2, 0) is 0 Å². The molecule has 0 unspecified atom stereocenters. The Morgan fingerprint density at radius 2 is 1.57 bits per heavy atom. The van der Waals surface area contributed by atoms with Crippen LogP contribution in [0.5, 0.6) is 5.75 Å². The molecule has 0 N–H and O–H groups in total. The molecule has 0 bridgehead atoms. The van der Waals surface area contributed by atoms with Crippen molar-refractivity contribution in [3.05, 3.63) is 89.2 Å². The van der Waals surface area contributed by atoms with E-state index in [1.807, 2.05) is 18.2 Å². The van der Waals surface area contributed by atoms with E-state index in [9.17, 15) is 13.2 Å². The lowest BCUT2D eigenvalue weighted by Gasteiger charge is -2.29. The summed E-state index contributed by atoms with van der Waals surface area (Å²) in [5, 5.41) is 0. The number of halogens is 3. The summed E-state index contributed by atoms with van der Waals surface area (Å²) in [7, 11) is 0. The van der Waals surface area contributed by atoms with E-state index in [4.69, 9.17) is 4.74 Å². The van der Waals surface area contributed by atoms with Gasteiger partial charge in [-0.05, 0) is 79.3 Å². The standard InChI is InChI=1S/C26H25F3O/c1-17-7-10-21(15-23(17)27)19-11-8-18(9-12-19)16-30-24-14-13-22(25(28)26(24)29)20-5-3-2-4-6-20/h2-7,10,13-15,18-19H,8-9,11-12,16H2,1H3. The first-order valence-electron chi connectivity index (χ1n) is 10.4. The zero-order valence-corrected chi connectivity index (χ0v) is 17.0. The van der Waals surface area contributed by atoms with Crippen molar-refractivity contribution in [2.45, 2.75) is 38.5 Å². The van der Waals surface area contributed by atoms with E-state index in [1.54, 1.807) is 43.3 Å². The third kappa shape index (κ3) is 4.38. The summed E-state index contributed by atoms with van der Waals surface area (Å²) < 4.78 is 48.5. The smallest absolute Gasteiger partial charge is 0.201 e. The zero-order chi connectivity index (χ0) is 21.1. The molecule has 1 nitrogen and oxygen atoms in total. The predicted molar refractivity (Wildman–Crippen MR) is 113 cm³/mol. The van der Waals surface area contributed by atoms with Gasteiger partial charge in [-0.3, -0.25) is 0 Å². The van der Waals surface area contributed by atoms with E-state index < -0.39 is 11.6 Å². The number of hydrogen-bond acceptors (Lipinski definition) is 1. The molecule has 3 aromatic carbocycles. The highest BCUT2D eigenvalue weighted by Crippen LogP contribution is 2.37. The molecular formula is C26H25F3O. The summed E-state index contributed by atoms with van der Waals surface area (Å²) >= 11 is 0. The minimum atomic E-state index is -0.944. The molecule has 1 saturated carbocycles. The van der Waals surface area contributed by atoms with Crippen molar-refractivity contribution in [3.63, 3.8) is 0 Å². The predicted octanol–water partition coefficient (Wildman–Crippen LogP) is 7.43. The Balaban J connectivity index is 1.35. The van der Waals surface area contributed by atoms with Crippen molar-refractivity contribution >= 4 is 0 Å². The second kappa shape index (κ2) is 8.95. The molecule has 0 radical (unpaired) electrons. The van der Waals surface area contributed by atoms with E-state index in [1.165, 1.54) is 6.07 Å². The summed E-state index contributed by atoms with van der Waals surface area (Å²) in [5.74, 6) is -1.41. The number of hydrogen-bond donors (Lipinski definition) is 0. The van der Waals surface area contributed by atoms with Crippen LogP contribution >= 0.6 is 0 Å². The monoisotopic (exact) mass is 410 g/mol. The first-order valence-corrected chi connectivity index (χ1v) is 10.4. The average Bonchev–Trinajstić information content (AvgIpc) is 2.78. The van der Waals surface area contributed by atoms with Crippen LogP contribution in [0.1, 0.15) is 42.7 Å². The van der Waals surface area contributed by atoms with Crippen LogP contribution in [0.15, 0.2) is 60.7 Å². The molecule has 1 aliphatic carbocycles. The van der Waals surface area contributed by atoms with Crippen LogP contribution in [-0.4, -0.2) is 6.61 Å². The largest absolute Gasteiger partial charge is 0.490 e. The Kier molecular flexibility index (Phi) is 6.12. The number of benzene rings is 3. The van der Waals surface area contributed by atoms with Crippen molar-refractivity contribution in [1.29, 1.82) is 0 Å². The molecule has 0 amide bonds. The maximum atomic E-state index is 14.5. The normalized spacial score (nSPS) is 18.9. The van der Waals surface area contributed by atoms with Gasteiger partial charge in [0.25, 0.3) is 0 Å². The van der Waals surface area contributed by atoms with Crippen molar-refractivity contribution in [3.8, 4) is 16.9 Å². The summed E-state index contributed by atoms with van der Waals surface area (Å²) in [6, 6.07) is 17.4. The van der Waals surface area contributed by atoms with Crippen LogP contribution in [0.2, 0.25) is 0 Å². The van der Waals surface area contributed by atoms with Crippen LogP contribution < -0.4 is 4.74 Å².